The molecule has 0 aliphatic rings. The normalized spacial score (nSPS) is 10.3. The maximum absolute atomic E-state index is 11.8. The van der Waals surface area contributed by atoms with Crippen LogP contribution >= 0.6 is 22.9 Å². The van der Waals surface area contributed by atoms with Gasteiger partial charge in [-0.2, -0.15) is 0 Å². The molecule has 2 heterocycles. The van der Waals surface area contributed by atoms with Crippen LogP contribution in [0.2, 0.25) is 0 Å². The van der Waals surface area contributed by atoms with Crippen molar-refractivity contribution in [1.29, 1.82) is 0 Å². The standard InChI is InChI=1S/C13H14ClN3O2S/c1-19-12-4-9(2-3-15-12)7-16-11(18)5-13-17-10(6-14)8-20-13/h2-4,8H,5-7H2,1H3,(H,16,18). The molecule has 0 radical (unpaired) electrons. The smallest absolute Gasteiger partial charge is 0.227 e. The molecule has 2 aromatic rings. The summed E-state index contributed by atoms with van der Waals surface area (Å²) in [5, 5.41) is 5.47. The number of amides is 1. The second-order valence-electron chi connectivity index (χ2n) is 4.03. The fourth-order valence-corrected chi connectivity index (χ4v) is 2.58. The van der Waals surface area contributed by atoms with Crippen molar-refractivity contribution in [3.8, 4) is 5.88 Å². The van der Waals surface area contributed by atoms with Crippen LogP contribution in [0.15, 0.2) is 23.7 Å². The molecule has 2 aromatic heterocycles. The topological polar surface area (TPSA) is 64.1 Å². The molecule has 1 N–H and O–H groups in total. The molecule has 5 nitrogen and oxygen atoms in total. The van der Waals surface area contributed by atoms with Gasteiger partial charge in [0.2, 0.25) is 11.8 Å². The summed E-state index contributed by atoms with van der Waals surface area (Å²) in [5.74, 6) is 0.828. The molecular formula is C13H14ClN3O2S. The summed E-state index contributed by atoms with van der Waals surface area (Å²) in [4.78, 5) is 20.1. The van der Waals surface area contributed by atoms with E-state index in [9.17, 15) is 4.79 Å². The molecule has 20 heavy (non-hydrogen) atoms. The molecule has 0 unspecified atom stereocenters. The van der Waals surface area contributed by atoms with E-state index < -0.39 is 0 Å². The SMILES string of the molecule is COc1cc(CNC(=O)Cc2nc(CCl)cs2)ccn1. The molecule has 1 amide bonds. The van der Waals surface area contributed by atoms with Crippen LogP contribution in [-0.2, 0) is 23.6 Å². The summed E-state index contributed by atoms with van der Waals surface area (Å²) in [5.41, 5.74) is 1.74. The molecule has 0 atom stereocenters. The van der Waals surface area contributed by atoms with Crippen molar-refractivity contribution in [2.75, 3.05) is 7.11 Å². The van der Waals surface area contributed by atoms with Gasteiger partial charge in [-0.1, -0.05) is 0 Å². The van der Waals surface area contributed by atoms with Crippen LogP contribution in [0, 0.1) is 0 Å². The summed E-state index contributed by atoms with van der Waals surface area (Å²) >= 11 is 7.12. The highest BCUT2D eigenvalue weighted by atomic mass is 35.5. The molecule has 0 bridgehead atoms. The third kappa shape index (κ3) is 4.18. The van der Waals surface area contributed by atoms with Crippen LogP contribution < -0.4 is 10.1 Å². The summed E-state index contributed by atoms with van der Waals surface area (Å²) in [6.07, 6.45) is 1.91. The summed E-state index contributed by atoms with van der Waals surface area (Å²) in [6.45, 7) is 0.436. The minimum absolute atomic E-state index is 0.0729. The number of halogens is 1. The van der Waals surface area contributed by atoms with Crippen molar-refractivity contribution in [2.45, 2.75) is 18.8 Å². The van der Waals surface area contributed by atoms with Crippen molar-refractivity contribution in [3.05, 3.63) is 40.0 Å². The predicted octanol–water partition coefficient (Wildman–Crippen LogP) is 2.14. The fraction of sp³-hybridized carbons (Fsp3) is 0.308. The third-order valence-corrected chi connectivity index (χ3v) is 3.72. The van der Waals surface area contributed by atoms with Crippen LogP contribution in [0.4, 0.5) is 0 Å². The lowest BCUT2D eigenvalue weighted by Gasteiger charge is -2.05. The Morgan fingerprint density at radius 1 is 1.55 bits per heavy atom. The van der Waals surface area contributed by atoms with E-state index in [-0.39, 0.29) is 12.3 Å². The van der Waals surface area contributed by atoms with Gasteiger partial charge in [-0.15, -0.1) is 22.9 Å². The number of nitrogens with one attached hydrogen (secondary N) is 1. The summed E-state index contributed by atoms with van der Waals surface area (Å²) in [7, 11) is 1.56. The third-order valence-electron chi connectivity index (χ3n) is 2.55. The average Bonchev–Trinajstić information content (AvgIpc) is 2.93. The zero-order chi connectivity index (χ0) is 14.4. The molecule has 0 fully saturated rings. The predicted molar refractivity (Wildman–Crippen MR) is 78.0 cm³/mol. The monoisotopic (exact) mass is 311 g/mol. The maximum Gasteiger partial charge on any atom is 0.227 e. The molecular weight excluding hydrogens is 298 g/mol. The van der Waals surface area contributed by atoms with Gasteiger partial charge in [-0.25, -0.2) is 9.97 Å². The number of methoxy groups -OCH3 is 1. The van der Waals surface area contributed by atoms with E-state index in [2.05, 4.69) is 15.3 Å². The number of ether oxygens (including phenoxy) is 1. The Balaban J connectivity index is 1.85. The van der Waals surface area contributed by atoms with E-state index in [1.165, 1.54) is 11.3 Å². The van der Waals surface area contributed by atoms with Gasteiger partial charge in [-0.3, -0.25) is 4.79 Å². The molecule has 106 valence electrons. The highest BCUT2D eigenvalue weighted by molar-refractivity contribution is 7.09. The number of hydrogen-bond acceptors (Lipinski definition) is 5. The minimum Gasteiger partial charge on any atom is -0.481 e. The van der Waals surface area contributed by atoms with Crippen LogP contribution in [0.1, 0.15) is 16.3 Å². The number of carbonyl (C=O) groups excluding carboxylic acids is 1. The first-order valence-corrected chi connectivity index (χ1v) is 7.37. The molecule has 7 heteroatoms. The largest absolute Gasteiger partial charge is 0.481 e. The number of thiazole rings is 1. The Hall–Kier alpha value is -1.66. The zero-order valence-electron chi connectivity index (χ0n) is 10.9. The number of alkyl halides is 1. The number of hydrogen-bond donors (Lipinski definition) is 1. The molecule has 0 saturated carbocycles. The minimum atomic E-state index is -0.0729. The van der Waals surface area contributed by atoms with Crippen molar-refractivity contribution in [1.82, 2.24) is 15.3 Å². The molecule has 2 rings (SSSR count). The maximum atomic E-state index is 11.8. The number of nitrogens with zero attached hydrogens (tertiary/aromatic N) is 2. The first kappa shape index (κ1) is 14.7. The van der Waals surface area contributed by atoms with Crippen LogP contribution in [0.25, 0.3) is 0 Å². The van der Waals surface area contributed by atoms with Gasteiger partial charge in [-0.05, 0) is 11.6 Å². The van der Waals surface area contributed by atoms with E-state index in [0.717, 1.165) is 16.3 Å². The van der Waals surface area contributed by atoms with E-state index >= 15 is 0 Å². The van der Waals surface area contributed by atoms with Gasteiger partial charge < -0.3 is 10.1 Å². The van der Waals surface area contributed by atoms with Gasteiger partial charge in [0.15, 0.2) is 0 Å². The highest BCUT2D eigenvalue weighted by Gasteiger charge is 2.08. The second-order valence-corrected chi connectivity index (χ2v) is 5.24. The Bertz CT molecular complexity index is 589. The Kier molecular flexibility index (Phi) is 5.31. The molecule has 0 aromatic carbocycles. The molecule has 0 saturated heterocycles. The van der Waals surface area contributed by atoms with Crippen LogP contribution in [-0.4, -0.2) is 23.0 Å². The Morgan fingerprint density at radius 2 is 2.40 bits per heavy atom. The number of rotatable bonds is 6. The number of carbonyl (C=O) groups is 1. The fourth-order valence-electron chi connectivity index (χ4n) is 1.56. The van der Waals surface area contributed by atoms with Crippen LogP contribution in [0.3, 0.4) is 0 Å². The van der Waals surface area contributed by atoms with Gasteiger partial charge in [0.1, 0.15) is 5.01 Å². The lowest BCUT2D eigenvalue weighted by Crippen LogP contribution is -2.24. The summed E-state index contributed by atoms with van der Waals surface area (Å²) in [6, 6.07) is 3.62. The van der Waals surface area contributed by atoms with Gasteiger partial charge in [0, 0.05) is 24.2 Å². The molecule has 0 aliphatic heterocycles. The van der Waals surface area contributed by atoms with E-state index in [1.807, 2.05) is 11.4 Å². The van der Waals surface area contributed by atoms with Gasteiger partial charge >= 0.3 is 0 Å². The second kappa shape index (κ2) is 7.21. The van der Waals surface area contributed by atoms with E-state index in [1.54, 1.807) is 19.4 Å². The van der Waals surface area contributed by atoms with Crippen molar-refractivity contribution >= 4 is 28.8 Å². The molecule has 0 spiro atoms. The first-order chi connectivity index (χ1) is 9.71. The first-order valence-electron chi connectivity index (χ1n) is 5.96. The van der Waals surface area contributed by atoms with E-state index in [0.29, 0.717) is 18.3 Å². The number of aromatic nitrogens is 2. The highest BCUT2D eigenvalue weighted by Crippen LogP contribution is 2.12. The van der Waals surface area contributed by atoms with Crippen LogP contribution in [0.5, 0.6) is 5.88 Å². The van der Waals surface area contributed by atoms with Crippen molar-refractivity contribution in [2.24, 2.45) is 0 Å². The summed E-state index contributed by atoms with van der Waals surface area (Å²) < 4.78 is 5.03. The zero-order valence-corrected chi connectivity index (χ0v) is 12.5. The number of pyridine rings is 1. The lowest BCUT2D eigenvalue weighted by molar-refractivity contribution is -0.120. The molecule has 0 aliphatic carbocycles. The Labute approximate surface area is 126 Å². The van der Waals surface area contributed by atoms with E-state index in [4.69, 9.17) is 16.3 Å². The van der Waals surface area contributed by atoms with Crippen molar-refractivity contribution in [3.63, 3.8) is 0 Å². The quantitative estimate of drug-likeness (QED) is 0.830. The average molecular weight is 312 g/mol. The lowest BCUT2D eigenvalue weighted by atomic mass is 10.2. The van der Waals surface area contributed by atoms with Crippen molar-refractivity contribution < 1.29 is 9.53 Å². The van der Waals surface area contributed by atoms with Gasteiger partial charge in [0.05, 0.1) is 25.1 Å². The van der Waals surface area contributed by atoms with Gasteiger partial charge in [0.25, 0.3) is 0 Å². The Morgan fingerprint density at radius 3 is 3.10 bits per heavy atom.